The van der Waals surface area contributed by atoms with E-state index < -0.39 is 0 Å². The van der Waals surface area contributed by atoms with Gasteiger partial charge in [-0.2, -0.15) is 0 Å². The maximum Gasteiger partial charge on any atom is 0.245 e. The summed E-state index contributed by atoms with van der Waals surface area (Å²) in [6.45, 7) is 12.1. The van der Waals surface area contributed by atoms with E-state index in [4.69, 9.17) is 4.74 Å². The Bertz CT molecular complexity index is 1130. The molecule has 0 aromatic heterocycles. The lowest BCUT2D eigenvalue weighted by atomic mass is 9.86. The number of para-hydroxylation sites is 2. The van der Waals surface area contributed by atoms with Crippen LogP contribution in [0.25, 0.3) is 0 Å². The third-order valence-corrected chi connectivity index (χ3v) is 8.49. The van der Waals surface area contributed by atoms with E-state index >= 15 is 0 Å². The Labute approximate surface area is 221 Å². The number of hydrogen-bond donors (Lipinski definition) is 0. The number of piperidine rings is 1. The molecule has 3 heterocycles. The molecule has 1 atom stereocenters. The Morgan fingerprint density at radius 2 is 1.62 bits per heavy atom. The first-order chi connectivity index (χ1) is 17.7. The van der Waals surface area contributed by atoms with Gasteiger partial charge in [0.2, 0.25) is 11.8 Å². The van der Waals surface area contributed by atoms with Gasteiger partial charge in [0.15, 0.2) is 0 Å². The molecule has 0 N–H and O–H groups in total. The first-order valence-electron chi connectivity index (χ1n) is 13.8. The molecule has 6 nitrogen and oxygen atoms in total. The quantitative estimate of drug-likeness (QED) is 0.582. The maximum atomic E-state index is 13.3. The first kappa shape index (κ1) is 25.6. The fourth-order valence-electron chi connectivity index (χ4n) is 6.14. The maximum absolute atomic E-state index is 13.3. The van der Waals surface area contributed by atoms with E-state index in [9.17, 15) is 9.59 Å². The second-order valence-corrected chi connectivity index (χ2v) is 12.1. The summed E-state index contributed by atoms with van der Waals surface area (Å²) in [6, 6.07) is 17.1. The van der Waals surface area contributed by atoms with Gasteiger partial charge in [-0.05, 0) is 41.5 Å². The highest BCUT2D eigenvalue weighted by Crippen LogP contribution is 2.41. The van der Waals surface area contributed by atoms with Crippen molar-refractivity contribution in [3.05, 3.63) is 59.7 Å². The van der Waals surface area contributed by atoms with Gasteiger partial charge in [0.25, 0.3) is 0 Å². The Morgan fingerprint density at radius 1 is 0.946 bits per heavy atom. The fourth-order valence-corrected chi connectivity index (χ4v) is 6.14. The minimum absolute atomic E-state index is 0.00109. The van der Waals surface area contributed by atoms with Crippen molar-refractivity contribution in [1.29, 1.82) is 0 Å². The Kier molecular flexibility index (Phi) is 6.95. The average Bonchev–Trinajstić information content (AvgIpc) is 3.32. The molecule has 2 aromatic rings. The van der Waals surface area contributed by atoms with Gasteiger partial charge in [0.1, 0.15) is 17.4 Å². The second-order valence-electron chi connectivity index (χ2n) is 12.1. The Hall–Kier alpha value is -3.02. The van der Waals surface area contributed by atoms with Crippen LogP contribution in [0.15, 0.2) is 48.5 Å². The van der Waals surface area contributed by atoms with E-state index in [-0.39, 0.29) is 28.9 Å². The lowest BCUT2D eigenvalue weighted by Gasteiger charge is -2.42. The number of carbonyl (C=O) groups is 2. The lowest BCUT2D eigenvalue weighted by molar-refractivity contribution is -0.145. The van der Waals surface area contributed by atoms with Crippen molar-refractivity contribution in [3.8, 4) is 5.75 Å². The Morgan fingerprint density at radius 3 is 2.30 bits per heavy atom. The number of fused-ring (bicyclic) bond motifs is 1. The predicted octanol–water partition coefficient (Wildman–Crippen LogP) is 5.15. The summed E-state index contributed by atoms with van der Waals surface area (Å²) in [5, 5.41) is 0. The normalized spacial score (nSPS) is 21.4. The number of likely N-dealkylation sites (tertiary alicyclic amines) is 2. The molecular formula is C31H41N3O3. The van der Waals surface area contributed by atoms with Crippen LogP contribution in [-0.4, -0.2) is 59.4 Å². The van der Waals surface area contributed by atoms with Gasteiger partial charge in [0, 0.05) is 58.9 Å². The molecule has 2 saturated heterocycles. The van der Waals surface area contributed by atoms with Crippen LogP contribution < -0.4 is 9.64 Å². The van der Waals surface area contributed by atoms with E-state index in [1.54, 1.807) is 11.8 Å². The smallest absolute Gasteiger partial charge is 0.245 e. The number of amides is 2. The molecule has 1 spiro atoms. The molecule has 2 amide bonds. The monoisotopic (exact) mass is 503 g/mol. The first-order valence-corrected chi connectivity index (χ1v) is 13.8. The molecule has 0 aliphatic carbocycles. The number of ether oxygens (including phenoxy) is 1. The van der Waals surface area contributed by atoms with Gasteiger partial charge >= 0.3 is 0 Å². The molecule has 6 heteroatoms. The second kappa shape index (κ2) is 10.0. The Balaban J connectivity index is 1.28. The topological polar surface area (TPSA) is 53.1 Å². The van der Waals surface area contributed by atoms with Crippen molar-refractivity contribution in [3.63, 3.8) is 0 Å². The standard InChI is InChI=1S/C31H41N3O3/c1-23(35)34-18-7-9-27(34)29(36)32-19-15-31(16-20-32)17-21-33(26-8-5-6-10-28(26)37-31)22-24-11-13-25(14-12-24)30(2,3)4/h5-6,8,10-14,27H,7,9,15-22H2,1-4H3. The van der Waals surface area contributed by atoms with E-state index in [0.29, 0.717) is 19.6 Å². The highest BCUT2D eigenvalue weighted by Gasteiger charge is 2.43. The van der Waals surface area contributed by atoms with Crippen molar-refractivity contribution in [2.75, 3.05) is 31.1 Å². The number of carbonyl (C=O) groups excluding carboxylic acids is 2. The van der Waals surface area contributed by atoms with Crippen LogP contribution >= 0.6 is 0 Å². The van der Waals surface area contributed by atoms with Gasteiger partial charge in [-0.25, -0.2) is 0 Å². The summed E-state index contributed by atoms with van der Waals surface area (Å²) in [4.78, 5) is 31.4. The van der Waals surface area contributed by atoms with Crippen molar-refractivity contribution in [2.24, 2.45) is 0 Å². The zero-order valence-electron chi connectivity index (χ0n) is 22.8. The molecule has 0 bridgehead atoms. The highest BCUT2D eigenvalue weighted by molar-refractivity contribution is 5.87. The van der Waals surface area contributed by atoms with E-state index in [1.807, 2.05) is 11.0 Å². The third kappa shape index (κ3) is 5.34. The number of benzene rings is 2. The van der Waals surface area contributed by atoms with Crippen LogP contribution in [-0.2, 0) is 21.5 Å². The van der Waals surface area contributed by atoms with Crippen LogP contribution in [0.3, 0.4) is 0 Å². The molecule has 3 aliphatic rings. The molecule has 198 valence electrons. The molecular weight excluding hydrogens is 462 g/mol. The molecule has 2 fully saturated rings. The third-order valence-electron chi connectivity index (χ3n) is 8.49. The molecule has 1 unspecified atom stereocenters. The van der Waals surface area contributed by atoms with E-state index in [0.717, 1.165) is 56.6 Å². The number of rotatable bonds is 3. The highest BCUT2D eigenvalue weighted by atomic mass is 16.5. The summed E-state index contributed by atoms with van der Waals surface area (Å²) >= 11 is 0. The van der Waals surface area contributed by atoms with Gasteiger partial charge in [-0.3, -0.25) is 9.59 Å². The molecule has 3 aliphatic heterocycles. The van der Waals surface area contributed by atoms with E-state index in [2.05, 4.69) is 68.1 Å². The van der Waals surface area contributed by atoms with Crippen molar-refractivity contribution in [2.45, 2.75) is 83.4 Å². The summed E-state index contributed by atoms with van der Waals surface area (Å²) in [5.74, 6) is 1.04. The number of nitrogens with zero attached hydrogens (tertiary/aromatic N) is 3. The zero-order chi connectivity index (χ0) is 26.2. The SMILES string of the molecule is CC(=O)N1CCCC1C(=O)N1CCC2(CC1)CCN(Cc1ccc(C(C)(C)C)cc1)c1ccccc1O2. The van der Waals surface area contributed by atoms with Crippen LogP contribution in [0.1, 0.15) is 70.9 Å². The molecule has 2 aromatic carbocycles. The van der Waals surface area contributed by atoms with Crippen molar-refractivity contribution >= 4 is 17.5 Å². The van der Waals surface area contributed by atoms with Gasteiger partial charge in [0.05, 0.1) is 5.69 Å². The lowest BCUT2D eigenvalue weighted by Crippen LogP contribution is -2.54. The number of hydrogen-bond acceptors (Lipinski definition) is 4. The molecule has 5 rings (SSSR count). The molecule has 0 radical (unpaired) electrons. The summed E-state index contributed by atoms with van der Waals surface area (Å²) in [6.07, 6.45) is 4.23. The zero-order valence-corrected chi connectivity index (χ0v) is 22.8. The van der Waals surface area contributed by atoms with E-state index in [1.165, 1.54) is 11.1 Å². The van der Waals surface area contributed by atoms with Crippen LogP contribution in [0.4, 0.5) is 5.69 Å². The predicted molar refractivity (Wildman–Crippen MR) is 147 cm³/mol. The van der Waals surface area contributed by atoms with Crippen LogP contribution in [0.5, 0.6) is 5.75 Å². The summed E-state index contributed by atoms with van der Waals surface area (Å²) < 4.78 is 6.79. The minimum atomic E-state index is -0.289. The van der Waals surface area contributed by atoms with Crippen molar-refractivity contribution < 1.29 is 14.3 Å². The van der Waals surface area contributed by atoms with Gasteiger partial charge < -0.3 is 19.4 Å². The fraction of sp³-hybridized carbons (Fsp3) is 0.548. The molecule has 0 saturated carbocycles. The van der Waals surface area contributed by atoms with Crippen molar-refractivity contribution in [1.82, 2.24) is 9.80 Å². The van der Waals surface area contributed by atoms with Gasteiger partial charge in [-0.15, -0.1) is 0 Å². The summed E-state index contributed by atoms with van der Waals surface area (Å²) in [7, 11) is 0. The largest absolute Gasteiger partial charge is 0.485 e. The average molecular weight is 504 g/mol. The minimum Gasteiger partial charge on any atom is -0.485 e. The number of anilines is 1. The van der Waals surface area contributed by atoms with Gasteiger partial charge in [-0.1, -0.05) is 57.2 Å². The van der Waals surface area contributed by atoms with Crippen LogP contribution in [0, 0.1) is 0 Å². The van der Waals surface area contributed by atoms with Crippen LogP contribution in [0.2, 0.25) is 0 Å². The summed E-state index contributed by atoms with van der Waals surface area (Å²) in [5.41, 5.74) is 3.66. The molecule has 37 heavy (non-hydrogen) atoms.